The van der Waals surface area contributed by atoms with E-state index < -0.39 is 0 Å². The third kappa shape index (κ3) is 1.07. The summed E-state index contributed by atoms with van der Waals surface area (Å²) < 4.78 is 0. The van der Waals surface area contributed by atoms with Crippen LogP contribution in [-0.2, 0) is 0 Å². The molecule has 1 heterocycles. The van der Waals surface area contributed by atoms with Gasteiger partial charge in [-0.3, -0.25) is 0 Å². The molecule has 2 heteroatoms. The quantitative estimate of drug-likeness (QED) is 0.558. The van der Waals surface area contributed by atoms with Crippen LogP contribution in [0.2, 0.25) is 0 Å². The Kier molecular flexibility index (Phi) is 1.59. The fourth-order valence-corrected chi connectivity index (χ4v) is 1.25. The van der Waals surface area contributed by atoms with Gasteiger partial charge in [0, 0.05) is 11.8 Å². The topological polar surface area (TPSA) is 38.0 Å². The minimum Gasteiger partial charge on any atom is -0.385 e. The van der Waals surface area contributed by atoms with E-state index in [0.29, 0.717) is 5.82 Å². The van der Waals surface area contributed by atoms with E-state index in [4.69, 9.17) is 5.73 Å². The molecule has 3 N–H and O–H groups in total. The summed E-state index contributed by atoms with van der Waals surface area (Å²) in [5.41, 5.74) is 7.96. The maximum absolute atomic E-state index is 5.76. The number of hydrogen-bond donors (Lipinski definition) is 2. The molecular formula is C10H10N2. The highest BCUT2D eigenvalue weighted by Crippen LogP contribution is 2.19. The molecule has 1 aliphatic carbocycles. The SMILES string of the molecule is NC1=C2C=CC=CC=C2C=CN1. The van der Waals surface area contributed by atoms with Crippen LogP contribution >= 0.6 is 0 Å². The van der Waals surface area contributed by atoms with Crippen molar-refractivity contribution in [3.8, 4) is 0 Å². The lowest BCUT2D eigenvalue weighted by Crippen LogP contribution is -2.19. The molecule has 0 aromatic heterocycles. The number of rotatable bonds is 0. The highest BCUT2D eigenvalue weighted by Gasteiger charge is 2.07. The van der Waals surface area contributed by atoms with Crippen molar-refractivity contribution in [3.63, 3.8) is 0 Å². The summed E-state index contributed by atoms with van der Waals surface area (Å²) in [6.07, 6.45) is 13.9. The summed E-state index contributed by atoms with van der Waals surface area (Å²) in [5.74, 6) is 0.712. The second kappa shape index (κ2) is 2.74. The van der Waals surface area contributed by atoms with Gasteiger partial charge in [0.05, 0.1) is 0 Å². The van der Waals surface area contributed by atoms with Crippen LogP contribution < -0.4 is 11.1 Å². The molecule has 0 saturated carbocycles. The standard InChI is InChI=1S/C10H10N2/c11-10-9-5-3-1-2-4-8(9)6-7-12-10/h1-7,12H,11H2. The second-order valence-corrected chi connectivity index (χ2v) is 2.67. The molecule has 0 aromatic rings. The number of hydrogen-bond acceptors (Lipinski definition) is 2. The molecule has 1 aliphatic heterocycles. The summed E-state index contributed by atoms with van der Waals surface area (Å²) in [5, 5.41) is 2.97. The Labute approximate surface area is 71.5 Å². The van der Waals surface area contributed by atoms with Crippen molar-refractivity contribution in [1.82, 2.24) is 5.32 Å². The van der Waals surface area contributed by atoms with Crippen molar-refractivity contribution in [2.75, 3.05) is 0 Å². The van der Waals surface area contributed by atoms with Crippen LogP contribution in [0.15, 0.2) is 59.6 Å². The largest absolute Gasteiger partial charge is 0.385 e. The number of fused-ring (bicyclic) bond motifs is 1. The zero-order chi connectivity index (χ0) is 8.39. The van der Waals surface area contributed by atoms with Gasteiger partial charge < -0.3 is 11.1 Å². The van der Waals surface area contributed by atoms with Gasteiger partial charge in [0.15, 0.2) is 0 Å². The maximum atomic E-state index is 5.76. The average Bonchev–Trinajstić information content (AvgIpc) is 2.30. The first-order valence-electron chi connectivity index (χ1n) is 3.86. The molecule has 0 spiro atoms. The highest BCUT2D eigenvalue weighted by atomic mass is 15.0. The molecule has 0 saturated heterocycles. The first kappa shape index (κ1) is 6.98. The zero-order valence-electron chi connectivity index (χ0n) is 6.62. The Balaban J connectivity index is 2.51. The van der Waals surface area contributed by atoms with Gasteiger partial charge in [0.2, 0.25) is 0 Å². The van der Waals surface area contributed by atoms with E-state index in [-0.39, 0.29) is 0 Å². The van der Waals surface area contributed by atoms with Crippen molar-refractivity contribution >= 4 is 0 Å². The van der Waals surface area contributed by atoms with Crippen LogP contribution in [-0.4, -0.2) is 0 Å². The molecule has 0 atom stereocenters. The van der Waals surface area contributed by atoms with Crippen molar-refractivity contribution < 1.29 is 0 Å². The Morgan fingerprint density at radius 1 is 1.08 bits per heavy atom. The third-order valence-corrected chi connectivity index (χ3v) is 1.86. The summed E-state index contributed by atoms with van der Waals surface area (Å²) >= 11 is 0. The normalized spacial score (nSPS) is 19.8. The van der Waals surface area contributed by atoms with E-state index in [0.717, 1.165) is 11.1 Å². The summed E-state index contributed by atoms with van der Waals surface area (Å²) in [4.78, 5) is 0. The van der Waals surface area contributed by atoms with Crippen LogP contribution in [0.25, 0.3) is 0 Å². The van der Waals surface area contributed by atoms with E-state index >= 15 is 0 Å². The van der Waals surface area contributed by atoms with Gasteiger partial charge in [-0.05, 0) is 11.6 Å². The average molecular weight is 158 g/mol. The Morgan fingerprint density at radius 2 is 2.00 bits per heavy atom. The van der Waals surface area contributed by atoms with Gasteiger partial charge in [0.25, 0.3) is 0 Å². The van der Waals surface area contributed by atoms with Crippen molar-refractivity contribution in [2.24, 2.45) is 5.73 Å². The Hall–Kier alpha value is -1.70. The molecule has 0 unspecified atom stereocenters. The minimum atomic E-state index is 0.712. The minimum absolute atomic E-state index is 0.712. The highest BCUT2D eigenvalue weighted by molar-refractivity contribution is 5.54. The number of nitrogens with two attached hydrogens (primary N) is 1. The van der Waals surface area contributed by atoms with Crippen LogP contribution in [0.5, 0.6) is 0 Å². The summed E-state index contributed by atoms with van der Waals surface area (Å²) in [6.45, 7) is 0. The molecule has 0 bridgehead atoms. The van der Waals surface area contributed by atoms with Gasteiger partial charge in [-0.15, -0.1) is 0 Å². The number of dihydropyridines is 1. The molecule has 2 rings (SSSR count). The molecular weight excluding hydrogens is 148 g/mol. The molecule has 60 valence electrons. The van der Waals surface area contributed by atoms with Gasteiger partial charge in [0.1, 0.15) is 5.82 Å². The molecule has 0 fully saturated rings. The predicted molar refractivity (Wildman–Crippen MR) is 49.9 cm³/mol. The maximum Gasteiger partial charge on any atom is 0.108 e. The summed E-state index contributed by atoms with van der Waals surface area (Å²) in [6, 6.07) is 0. The fourth-order valence-electron chi connectivity index (χ4n) is 1.25. The third-order valence-electron chi connectivity index (χ3n) is 1.86. The van der Waals surface area contributed by atoms with Crippen LogP contribution in [0.1, 0.15) is 0 Å². The van der Waals surface area contributed by atoms with E-state index in [1.165, 1.54) is 0 Å². The summed E-state index contributed by atoms with van der Waals surface area (Å²) in [7, 11) is 0. The fraction of sp³-hybridized carbons (Fsp3) is 0. The monoisotopic (exact) mass is 158 g/mol. The number of allylic oxidation sites excluding steroid dienone is 8. The van der Waals surface area contributed by atoms with E-state index in [1.54, 1.807) is 0 Å². The van der Waals surface area contributed by atoms with E-state index in [1.807, 2.05) is 42.7 Å². The number of nitrogens with one attached hydrogen (secondary N) is 1. The molecule has 0 aromatic carbocycles. The first-order chi connectivity index (χ1) is 5.88. The molecule has 0 amide bonds. The van der Waals surface area contributed by atoms with E-state index in [9.17, 15) is 0 Å². The van der Waals surface area contributed by atoms with Gasteiger partial charge in [-0.1, -0.05) is 30.4 Å². The van der Waals surface area contributed by atoms with Crippen LogP contribution in [0, 0.1) is 0 Å². The lowest BCUT2D eigenvalue weighted by Gasteiger charge is -2.13. The second-order valence-electron chi connectivity index (χ2n) is 2.67. The zero-order valence-corrected chi connectivity index (χ0v) is 6.62. The molecule has 0 radical (unpaired) electrons. The van der Waals surface area contributed by atoms with Crippen molar-refractivity contribution in [2.45, 2.75) is 0 Å². The molecule has 2 aliphatic rings. The first-order valence-corrected chi connectivity index (χ1v) is 3.86. The van der Waals surface area contributed by atoms with Crippen LogP contribution in [0.4, 0.5) is 0 Å². The van der Waals surface area contributed by atoms with Crippen molar-refractivity contribution in [3.05, 3.63) is 59.6 Å². The van der Waals surface area contributed by atoms with Crippen molar-refractivity contribution in [1.29, 1.82) is 0 Å². The Bertz CT molecular complexity index is 341. The Morgan fingerprint density at radius 3 is 2.92 bits per heavy atom. The lowest BCUT2D eigenvalue weighted by atomic mass is 10.0. The predicted octanol–water partition coefficient (Wildman–Crippen LogP) is 1.33. The smallest absolute Gasteiger partial charge is 0.108 e. The van der Waals surface area contributed by atoms with Gasteiger partial charge in [-0.2, -0.15) is 0 Å². The molecule has 2 nitrogen and oxygen atoms in total. The lowest BCUT2D eigenvalue weighted by molar-refractivity contribution is 0.988. The molecule has 12 heavy (non-hydrogen) atoms. The van der Waals surface area contributed by atoms with E-state index in [2.05, 4.69) is 5.32 Å². The van der Waals surface area contributed by atoms with Gasteiger partial charge in [-0.25, -0.2) is 0 Å². The van der Waals surface area contributed by atoms with Crippen LogP contribution in [0.3, 0.4) is 0 Å². The van der Waals surface area contributed by atoms with Gasteiger partial charge >= 0.3 is 0 Å².